The van der Waals surface area contributed by atoms with E-state index in [1.54, 1.807) is 21.3 Å². The van der Waals surface area contributed by atoms with Gasteiger partial charge in [-0.3, -0.25) is 9.69 Å². The van der Waals surface area contributed by atoms with Crippen LogP contribution in [0.3, 0.4) is 0 Å². The number of aryl methyl sites for hydroxylation is 1. The molecular formula is C24H32N2O5. The lowest BCUT2D eigenvalue weighted by atomic mass is 10.0. The zero-order valence-electron chi connectivity index (χ0n) is 18.6. The topological polar surface area (TPSA) is 69.3 Å². The number of nitrogens with zero attached hydrogens (tertiary/aromatic N) is 1. The molecule has 0 radical (unpaired) electrons. The van der Waals surface area contributed by atoms with Crippen molar-refractivity contribution in [2.24, 2.45) is 0 Å². The third-order valence-electron chi connectivity index (χ3n) is 5.55. The van der Waals surface area contributed by atoms with Crippen molar-refractivity contribution in [2.75, 3.05) is 54.2 Å². The first-order valence-corrected chi connectivity index (χ1v) is 10.6. The number of benzene rings is 2. The molecule has 3 rings (SSSR count). The third kappa shape index (κ3) is 6.35. The average molecular weight is 429 g/mol. The summed E-state index contributed by atoms with van der Waals surface area (Å²) < 4.78 is 21.6. The zero-order valence-corrected chi connectivity index (χ0v) is 18.6. The summed E-state index contributed by atoms with van der Waals surface area (Å²) in [5.74, 6) is 2.21. The minimum atomic E-state index is 0.0292. The Kier molecular flexibility index (Phi) is 8.55. The summed E-state index contributed by atoms with van der Waals surface area (Å²) in [5.41, 5.74) is 2.16. The smallest absolute Gasteiger partial charge is 0.220 e. The molecule has 7 heteroatoms. The molecule has 1 heterocycles. The van der Waals surface area contributed by atoms with Crippen LogP contribution in [0, 0.1) is 0 Å². The molecule has 0 saturated carbocycles. The number of ether oxygens (including phenoxy) is 4. The molecule has 0 aromatic heterocycles. The highest BCUT2D eigenvalue weighted by molar-refractivity contribution is 5.76. The van der Waals surface area contributed by atoms with Gasteiger partial charge < -0.3 is 24.3 Å². The van der Waals surface area contributed by atoms with Gasteiger partial charge in [0.1, 0.15) is 5.75 Å². The van der Waals surface area contributed by atoms with E-state index in [2.05, 4.69) is 10.2 Å². The van der Waals surface area contributed by atoms with Gasteiger partial charge in [0.2, 0.25) is 5.91 Å². The third-order valence-corrected chi connectivity index (χ3v) is 5.55. The predicted octanol–water partition coefficient (Wildman–Crippen LogP) is 2.83. The quantitative estimate of drug-likeness (QED) is 0.628. The summed E-state index contributed by atoms with van der Waals surface area (Å²) in [6.45, 7) is 3.53. The minimum Gasteiger partial charge on any atom is -0.497 e. The van der Waals surface area contributed by atoms with E-state index in [-0.39, 0.29) is 11.9 Å². The Morgan fingerprint density at radius 2 is 1.81 bits per heavy atom. The van der Waals surface area contributed by atoms with Gasteiger partial charge in [-0.25, -0.2) is 0 Å². The maximum absolute atomic E-state index is 12.6. The standard InChI is InChI=1S/C24H32N2O5/c1-28-20-6-4-5-18(15-20)7-10-24(27)25-17-21(26-11-13-31-14-12-26)19-8-9-22(29-2)23(16-19)30-3/h4-6,8-9,15-16,21H,7,10-14,17H2,1-3H3,(H,25,27). The Hall–Kier alpha value is -2.77. The van der Waals surface area contributed by atoms with Gasteiger partial charge in [0.15, 0.2) is 11.5 Å². The van der Waals surface area contributed by atoms with E-state index < -0.39 is 0 Å². The molecule has 2 aromatic carbocycles. The second-order valence-electron chi connectivity index (χ2n) is 7.43. The molecule has 168 valence electrons. The van der Waals surface area contributed by atoms with Crippen LogP contribution in [-0.4, -0.2) is 65.0 Å². The molecule has 1 fully saturated rings. The fraction of sp³-hybridized carbons (Fsp3) is 0.458. The highest BCUT2D eigenvalue weighted by atomic mass is 16.5. The molecule has 0 bridgehead atoms. The molecular weight excluding hydrogens is 396 g/mol. The molecule has 31 heavy (non-hydrogen) atoms. The van der Waals surface area contributed by atoms with Gasteiger partial charge in [-0.05, 0) is 41.8 Å². The van der Waals surface area contributed by atoms with Crippen molar-refractivity contribution >= 4 is 5.91 Å². The van der Waals surface area contributed by atoms with E-state index in [4.69, 9.17) is 18.9 Å². The summed E-state index contributed by atoms with van der Waals surface area (Å²) in [6.07, 6.45) is 1.09. The van der Waals surface area contributed by atoms with Crippen LogP contribution in [0.1, 0.15) is 23.6 Å². The number of rotatable bonds is 10. The molecule has 1 aliphatic rings. The van der Waals surface area contributed by atoms with Gasteiger partial charge in [-0.2, -0.15) is 0 Å². The second kappa shape index (κ2) is 11.6. The van der Waals surface area contributed by atoms with Gasteiger partial charge in [0.25, 0.3) is 0 Å². The van der Waals surface area contributed by atoms with Crippen molar-refractivity contribution in [1.82, 2.24) is 10.2 Å². The Labute approximate surface area is 184 Å². The van der Waals surface area contributed by atoms with E-state index in [0.29, 0.717) is 44.1 Å². The van der Waals surface area contributed by atoms with Crippen LogP contribution in [0.25, 0.3) is 0 Å². The molecule has 1 saturated heterocycles. The highest BCUT2D eigenvalue weighted by Crippen LogP contribution is 2.32. The van der Waals surface area contributed by atoms with E-state index in [1.165, 1.54) is 0 Å². The maximum atomic E-state index is 12.6. The lowest BCUT2D eigenvalue weighted by molar-refractivity contribution is -0.121. The Balaban J connectivity index is 1.65. The fourth-order valence-corrected chi connectivity index (χ4v) is 3.79. The lowest BCUT2D eigenvalue weighted by Gasteiger charge is -2.35. The molecule has 2 aromatic rings. The predicted molar refractivity (Wildman–Crippen MR) is 119 cm³/mol. The molecule has 1 unspecified atom stereocenters. The first-order valence-electron chi connectivity index (χ1n) is 10.6. The van der Waals surface area contributed by atoms with Crippen LogP contribution >= 0.6 is 0 Å². The first kappa shape index (κ1) is 22.9. The molecule has 7 nitrogen and oxygen atoms in total. The van der Waals surface area contributed by atoms with E-state index in [9.17, 15) is 4.79 Å². The van der Waals surface area contributed by atoms with Gasteiger partial charge >= 0.3 is 0 Å². The number of amides is 1. The number of hydrogen-bond acceptors (Lipinski definition) is 6. The van der Waals surface area contributed by atoms with Crippen LogP contribution < -0.4 is 19.5 Å². The van der Waals surface area contributed by atoms with Crippen LogP contribution in [0.15, 0.2) is 42.5 Å². The van der Waals surface area contributed by atoms with Crippen molar-refractivity contribution < 1.29 is 23.7 Å². The number of carbonyl (C=O) groups is 1. The normalized spacial score (nSPS) is 15.2. The SMILES string of the molecule is COc1cccc(CCC(=O)NCC(c2ccc(OC)c(OC)c2)N2CCOCC2)c1. The molecule has 0 spiro atoms. The van der Waals surface area contributed by atoms with Gasteiger partial charge in [-0.15, -0.1) is 0 Å². The van der Waals surface area contributed by atoms with E-state index >= 15 is 0 Å². The summed E-state index contributed by atoms with van der Waals surface area (Å²) in [4.78, 5) is 14.9. The van der Waals surface area contributed by atoms with Crippen LogP contribution in [-0.2, 0) is 16.0 Å². The van der Waals surface area contributed by atoms with Crippen molar-refractivity contribution in [3.63, 3.8) is 0 Å². The fourth-order valence-electron chi connectivity index (χ4n) is 3.79. The molecule has 1 N–H and O–H groups in total. The molecule has 1 amide bonds. The average Bonchev–Trinajstić information content (AvgIpc) is 2.83. The number of nitrogens with one attached hydrogen (secondary N) is 1. The first-order chi connectivity index (χ1) is 15.1. The van der Waals surface area contributed by atoms with Crippen molar-refractivity contribution in [1.29, 1.82) is 0 Å². The number of methoxy groups -OCH3 is 3. The summed E-state index contributed by atoms with van der Waals surface area (Å²) in [6, 6.07) is 13.8. The lowest BCUT2D eigenvalue weighted by Crippen LogP contribution is -2.43. The van der Waals surface area contributed by atoms with Crippen LogP contribution in [0.4, 0.5) is 0 Å². The Morgan fingerprint density at radius 1 is 1.03 bits per heavy atom. The van der Waals surface area contributed by atoms with E-state index in [0.717, 1.165) is 30.0 Å². The number of morpholine rings is 1. The molecule has 1 atom stereocenters. The number of hydrogen-bond donors (Lipinski definition) is 1. The van der Waals surface area contributed by atoms with E-state index in [1.807, 2.05) is 42.5 Å². The molecule has 0 aliphatic carbocycles. The van der Waals surface area contributed by atoms with Crippen LogP contribution in [0.2, 0.25) is 0 Å². The minimum absolute atomic E-state index is 0.0292. The molecule has 1 aliphatic heterocycles. The second-order valence-corrected chi connectivity index (χ2v) is 7.43. The van der Waals surface area contributed by atoms with Crippen molar-refractivity contribution in [3.05, 3.63) is 53.6 Å². The summed E-state index contributed by atoms with van der Waals surface area (Å²) in [5, 5.41) is 3.12. The Morgan fingerprint density at radius 3 is 2.52 bits per heavy atom. The summed E-state index contributed by atoms with van der Waals surface area (Å²) in [7, 11) is 4.90. The van der Waals surface area contributed by atoms with Gasteiger partial charge in [0, 0.05) is 26.1 Å². The number of carbonyl (C=O) groups excluding carboxylic acids is 1. The van der Waals surface area contributed by atoms with Crippen LogP contribution in [0.5, 0.6) is 17.2 Å². The summed E-state index contributed by atoms with van der Waals surface area (Å²) >= 11 is 0. The monoisotopic (exact) mass is 428 g/mol. The Bertz CT molecular complexity index is 852. The largest absolute Gasteiger partial charge is 0.497 e. The van der Waals surface area contributed by atoms with Crippen molar-refractivity contribution in [3.8, 4) is 17.2 Å². The van der Waals surface area contributed by atoms with Gasteiger partial charge in [0.05, 0.1) is 40.6 Å². The highest BCUT2D eigenvalue weighted by Gasteiger charge is 2.24. The zero-order chi connectivity index (χ0) is 22.1. The maximum Gasteiger partial charge on any atom is 0.220 e. The van der Waals surface area contributed by atoms with Crippen molar-refractivity contribution in [2.45, 2.75) is 18.9 Å². The van der Waals surface area contributed by atoms with Gasteiger partial charge in [-0.1, -0.05) is 18.2 Å².